The molecule has 0 fully saturated rings. The van der Waals surface area contributed by atoms with Gasteiger partial charge in [0.1, 0.15) is 5.82 Å². The van der Waals surface area contributed by atoms with Crippen LogP contribution in [0.3, 0.4) is 0 Å². The summed E-state index contributed by atoms with van der Waals surface area (Å²) in [6, 6.07) is 6.49. The predicted octanol–water partition coefficient (Wildman–Crippen LogP) is 3.46. The first-order valence-electron chi connectivity index (χ1n) is 6.75. The van der Waals surface area contributed by atoms with E-state index in [1.54, 1.807) is 11.8 Å². The zero-order valence-electron chi connectivity index (χ0n) is 12.7. The van der Waals surface area contributed by atoms with Crippen LogP contribution in [0.25, 0.3) is 0 Å². The first-order valence-corrected chi connectivity index (χ1v) is 7.56. The summed E-state index contributed by atoms with van der Waals surface area (Å²) in [4.78, 5) is 5.55. The van der Waals surface area contributed by atoms with Crippen LogP contribution in [0.4, 0.5) is 0 Å². The molecule has 0 aliphatic carbocycles. The van der Waals surface area contributed by atoms with E-state index in [-0.39, 0.29) is 5.54 Å². The SMILES string of the molecule is Cc1ccc(Sc2n[nH]c(C)n2)c(CNC(C)(C)C)c1. The van der Waals surface area contributed by atoms with Crippen molar-refractivity contribution in [1.82, 2.24) is 20.5 Å². The molecular weight excluding hydrogens is 268 g/mol. The van der Waals surface area contributed by atoms with Gasteiger partial charge in [0.2, 0.25) is 5.16 Å². The van der Waals surface area contributed by atoms with Gasteiger partial charge in [-0.1, -0.05) is 17.7 Å². The van der Waals surface area contributed by atoms with E-state index in [4.69, 9.17) is 0 Å². The number of nitrogens with one attached hydrogen (secondary N) is 2. The molecule has 0 saturated heterocycles. The zero-order chi connectivity index (χ0) is 14.8. The summed E-state index contributed by atoms with van der Waals surface area (Å²) in [7, 11) is 0. The molecule has 0 aliphatic heterocycles. The van der Waals surface area contributed by atoms with Crippen LogP contribution in [0, 0.1) is 13.8 Å². The largest absolute Gasteiger partial charge is 0.308 e. The Bertz CT molecular complexity index is 584. The second-order valence-corrected chi connectivity index (χ2v) is 7.03. The lowest BCUT2D eigenvalue weighted by Gasteiger charge is -2.21. The number of aromatic amines is 1. The van der Waals surface area contributed by atoms with E-state index in [1.807, 2.05) is 6.92 Å². The summed E-state index contributed by atoms with van der Waals surface area (Å²) in [5.41, 5.74) is 2.66. The highest BCUT2D eigenvalue weighted by Gasteiger charge is 2.12. The lowest BCUT2D eigenvalue weighted by atomic mass is 10.1. The minimum Gasteiger partial charge on any atom is -0.308 e. The summed E-state index contributed by atoms with van der Waals surface area (Å²) < 4.78 is 0. The second kappa shape index (κ2) is 5.97. The molecule has 0 spiro atoms. The molecular formula is C15H22N4S. The molecule has 0 amide bonds. The van der Waals surface area contributed by atoms with E-state index < -0.39 is 0 Å². The van der Waals surface area contributed by atoms with Gasteiger partial charge in [0.25, 0.3) is 0 Å². The van der Waals surface area contributed by atoms with E-state index in [0.717, 1.165) is 17.5 Å². The third-order valence-electron chi connectivity index (χ3n) is 2.80. The monoisotopic (exact) mass is 290 g/mol. The van der Waals surface area contributed by atoms with Gasteiger partial charge >= 0.3 is 0 Å². The summed E-state index contributed by atoms with van der Waals surface area (Å²) in [6.07, 6.45) is 0. The maximum Gasteiger partial charge on any atom is 0.213 e. The Morgan fingerprint density at radius 1 is 1.25 bits per heavy atom. The molecule has 20 heavy (non-hydrogen) atoms. The van der Waals surface area contributed by atoms with Gasteiger partial charge in [-0.25, -0.2) is 4.98 Å². The zero-order valence-corrected chi connectivity index (χ0v) is 13.6. The van der Waals surface area contributed by atoms with Crippen LogP contribution in [0.1, 0.15) is 37.7 Å². The molecule has 2 aromatic rings. The van der Waals surface area contributed by atoms with Crippen LogP contribution in [-0.2, 0) is 6.54 Å². The second-order valence-electron chi connectivity index (χ2n) is 6.02. The molecule has 0 atom stereocenters. The first kappa shape index (κ1) is 15.1. The van der Waals surface area contributed by atoms with Crippen molar-refractivity contribution in [1.29, 1.82) is 0 Å². The van der Waals surface area contributed by atoms with Gasteiger partial charge in [-0.15, -0.1) is 5.10 Å². The van der Waals surface area contributed by atoms with E-state index in [2.05, 4.69) is 66.4 Å². The molecule has 2 rings (SSSR count). The highest BCUT2D eigenvalue weighted by molar-refractivity contribution is 7.99. The Labute approximate surface area is 124 Å². The molecule has 1 aromatic carbocycles. The number of hydrogen-bond acceptors (Lipinski definition) is 4. The fourth-order valence-corrected chi connectivity index (χ4v) is 2.64. The lowest BCUT2D eigenvalue weighted by Crippen LogP contribution is -2.35. The van der Waals surface area contributed by atoms with Gasteiger partial charge in [0, 0.05) is 17.0 Å². The van der Waals surface area contributed by atoms with Gasteiger partial charge in [0.15, 0.2) is 0 Å². The molecule has 0 aliphatic rings. The van der Waals surface area contributed by atoms with E-state index >= 15 is 0 Å². The van der Waals surface area contributed by atoms with Crippen molar-refractivity contribution < 1.29 is 0 Å². The normalized spacial score (nSPS) is 11.8. The van der Waals surface area contributed by atoms with Gasteiger partial charge in [0.05, 0.1) is 0 Å². The Morgan fingerprint density at radius 2 is 2.00 bits per heavy atom. The maximum absolute atomic E-state index is 4.35. The Balaban J connectivity index is 2.19. The highest BCUT2D eigenvalue weighted by atomic mass is 32.2. The summed E-state index contributed by atoms with van der Waals surface area (Å²) in [5, 5.41) is 11.4. The van der Waals surface area contributed by atoms with Gasteiger partial charge in [-0.3, -0.25) is 5.10 Å². The molecule has 0 bridgehead atoms. The van der Waals surface area contributed by atoms with E-state index in [9.17, 15) is 0 Å². The molecule has 1 heterocycles. The number of nitrogens with zero attached hydrogens (tertiary/aromatic N) is 2. The summed E-state index contributed by atoms with van der Waals surface area (Å²) >= 11 is 1.60. The van der Waals surface area contributed by atoms with Crippen molar-refractivity contribution in [3.05, 3.63) is 35.2 Å². The van der Waals surface area contributed by atoms with Gasteiger partial charge in [-0.2, -0.15) is 0 Å². The van der Waals surface area contributed by atoms with Crippen molar-refractivity contribution in [3.8, 4) is 0 Å². The standard InChI is InChI=1S/C15H22N4S/c1-10-6-7-13(20-14-17-11(2)18-19-14)12(8-10)9-16-15(3,4)5/h6-8,16H,9H2,1-5H3,(H,17,18,19). The highest BCUT2D eigenvalue weighted by Crippen LogP contribution is 2.29. The quantitative estimate of drug-likeness (QED) is 0.905. The van der Waals surface area contributed by atoms with Gasteiger partial charge in [-0.05, 0) is 58.0 Å². The Morgan fingerprint density at radius 3 is 2.60 bits per heavy atom. The number of rotatable bonds is 4. The van der Waals surface area contributed by atoms with E-state index in [1.165, 1.54) is 16.0 Å². The van der Waals surface area contributed by atoms with Crippen molar-refractivity contribution >= 4 is 11.8 Å². The number of H-pyrrole nitrogens is 1. The minimum atomic E-state index is 0.104. The summed E-state index contributed by atoms with van der Waals surface area (Å²) in [5.74, 6) is 0.842. The Kier molecular flexibility index (Phi) is 4.50. The number of aryl methyl sites for hydroxylation is 2. The van der Waals surface area contributed by atoms with Crippen LogP contribution in [0.15, 0.2) is 28.3 Å². The molecule has 5 heteroatoms. The fourth-order valence-electron chi connectivity index (χ4n) is 1.77. The fraction of sp³-hybridized carbons (Fsp3) is 0.467. The lowest BCUT2D eigenvalue weighted by molar-refractivity contribution is 0.422. The van der Waals surface area contributed by atoms with Crippen LogP contribution < -0.4 is 5.32 Å². The maximum atomic E-state index is 4.35. The molecule has 1 aromatic heterocycles. The summed E-state index contributed by atoms with van der Waals surface area (Å²) in [6.45, 7) is 11.4. The van der Waals surface area contributed by atoms with Crippen LogP contribution in [-0.4, -0.2) is 20.7 Å². The molecule has 0 unspecified atom stereocenters. The van der Waals surface area contributed by atoms with Crippen LogP contribution in [0.5, 0.6) is 0 Å². The molecule has 4 nitrogen and oxygen atoms in total. The number of hydrogen-bond donors (Lipinski definition) is 2. The van der Waals surface area contributed by atoms with Crippen molar-refractivity contribution in [2.24, 2.45) is 0 Å². The predicted molar refractivity (Wildman–Crippen MR) is 83.0 cm³/mol. The minimum absolute atomic E-state index is 0.104. The topological polar surface area (TPSA) is 53.6 Å². The van der Waals surface area contributed by atoms with Crippen molar-refractivity contribution in [2.75, 3.05) is 0 Å². The average molecular weight is 290 g/mol. The number of aromatic nitrogens is 3. The molecule has 108 valence electrons. The van der Waals surface area contributed by atoms with E-state index in [0.29, 0.717) is 0 Å². The van der Waals surface area contributed by atoms with Crippen LogP contribution >= 0.6 is 11.8 Å². The molecule has 2 N–H and O–H groups in total. The first-order chi connectivity index (χ1) is 9.33. The average Bonchev–Trinajstić information content (AvgIpc) is 2.74. The molecule has 0 radical (unpaired) electrons. The van der Waals surface area contributed by atoms with Crippen LogP contribution in [0.2, 0.25) is 0 Å². The van der Waals surface area contributed by atoms with Crippen molar-refractivity contribution in [3.63, 3.8) is 0 Å². The smallest absolute Gasteiger partial charge is 0.213 e. The number of benzene rings is 1. The third-order valence-corrected chi connectivity index (χ3v) is 3.79. The Hall–Kier alpha value is -1.33. The molecule has 0 saturated carbocycles. The van der Waals surface area contributed by atoms with Gasteiger partial charge < -0.3 is 5.32 Å². The van der Waals surface area contributed by atoms with Crippen molar-refractivity contribution in [2.45, 2.75) is 56.8 Å². The third kappa shape index (κ3) is 4.35.